The fraction of sp³-hybridized carbons (Fsp3) is 0.250. The van der Waals surface area contributed by atoms with Crippen molar-refractivity contribution in [3.63, 3.8) is 0 Å². The molecule has 0 atom stereocenters. The Morgan fingerprint density at radius 3 is 2.48 bits per heavy atom. The third-order valence-corrected chi connectivity index (χ3v) is 3.94. The zero-order chi connectivity index (χ0) is 15.2. The van der Waals surface area contributed by atoms with E-state index in [0.29, 0.717) is 5.56 Å². The van der Waals surface area contributed by atoms with E-state index in [0.717, 1.165) is 10.8 Å². The topological polar surface area (TPSA) is 48.4 Å². The number of benzene rings is 1. The number of esters is 1. The van der Waals surface area contributed by atoms with Crippen LogP contribution in [0.2, 0.25) is 0 Å². The third-order valence-electron chi connectivity index (χ3n) is 2.94. The molecule has 1 aromatic heterocycles. The van der Waals surface area contributed by atoms with Crippen molar-refractivity contribution in [1.82, 2.24) is 4.98 Å². The first kappa shape index (κ1) is 15.4. The molecule has 0 N–H and O–H groups in total. The zero-order valence-electron chi connectivity index (χ0n) is 12.3. The number of carbonyl (C=O) groups excluding carboxylic acids is 1. The normalized spacial score (nSPS) is 10.2. The molecule has 0 fully saturated rings. The van der Waals surface area contributed by atoms with Crippen LogP contribution in [0.15, 0.2) is 41.4 Å². The molecule has 0 aliphatic carbocycles. The summed E-state index contributed by atoms with van der Waals surface area (Å²) in [6.45, 7) is 2.06. The molecule has 0 aliphatic rings. The fourth-order valence-corrected chi connectivity index (χ4v) is 2.59. The van der Waals surface area contributed by atoms with Crippen molar-refractivity contribution in [3.05, 3.63) is 53.1 Å². The molecule has 110 valence electrons. The van der Waals surface area contributed by atoms with E-state index in [1.165, 1.54) is 25.3 Å². The molecule has 5 heteroatoms. The maximum atomic E-state index is 11.6. The number of carbonyl (C=O) groups is 1. The second kappa shape index (κ2) is 7.13. The van der Waals surface area contributed by atoms with Gasteiger partial charge in [0, 0.05) is 5.75 Å². The summed E-state index contributed by atoms with van der Waals surface area (Å²) >= 11 is 1.59. The van der Waals surface area contributed by atoms with Gasteiger partial charge >= 0.3 is 5.97 Å². The van der Waals surface area contributed by atoms with Gasteiger partial charge in [0.05, 0.1) is 14.2 Å². The Labute approximate surface area is 128 Å². The number of methoxy groups -OCH3 is 2. The lowest BCUT2D eigenvalue weighted by Crippen LogP contribution is -2.05. The van der Waals surface area contributed by atoms with Crippen LogP contribution < -0.4 is 4.74 Å². The van der Waals surface area contributed by atoms with Gasteiger partial charge in [-0.15, -0.1) is 11.8 Å². The number of nitrogens with zero attached hydrogens (tertiary/aromatic N) is 1. The van der Waals surface area contributed by atoms with E-state index in [9.17, 15) is 4.79 Å². The molecular formula is C16H17NO3S. The van der Waals surface area contributed by atoms with Crippen molar-refractivity contribution in [2.45, 2.75) is 17.7 Å². The smallest absolute Gasteiger partial charge is 0.343 e. The second-order valence-electron chi connectivity index (χ2n) is 4.47. The lowest BCUT2D eigenvalue weighted by molar-refractivity contribution is 0.0596. The highest BCUT2D eigenvalue weighted by atomic mass is 32.2. The molecule has 1 aromatic carbocycles. The lowest BCUT2D eigenvalue weighted by atomic mass is 10.2. The van der Waals surface area contributed by atoms with Gasteiger partial charge in [-0.05, 0) is 24.6 Å². The van der Waals surface area contributed by atoms with Gasteiger partial charge in [-0.1, -0.05) is 29.8 Å². The first-order chi connectivity index (χ1) is 10.1. The largest absolute Gasteiger partial charge is 0.480 e. The lowest BCUT2D eigenvalue weighted by Gasteiger charge is -2.08. The SMILES string of the molecule is COC(=O)c1ccc(SCc2ccc(C)cc2)nc1OC. The minimum atomic E-state index is -0.450. The van der Waals surface area contributed by atoms with Crippen LogP contribution in [0.1, 0.15) is 21.5 Å². The van der Waals surface area contributed by atoms with Crippen LogP contribution in [0.3, 0.4) is 0 Å². The molecule has 0 saturated heterocycles. The third kappa shape index (κ3) is 3.98. The average molecular weight is 303 g/mol. The minimum Gasteiger partial charge on any atom is -0.480 e. The molecule has 0 saturated carbocycles. The predicted octanol–water partition coefficient (Wildman–Crippen LogP) is 3.48. The Balaban J connectivity index is 2.10. The van der Waals surface area contributed by atoms with Crippen LogP contribution in [0, 0.1) is 6.92 Å². The molecule has 0 spiro atoms. The van der Waals surface area contributed by atoms with Crippen LogP contribution in [0.5, 0.6) is 5.88 Å². The van der Waals surface area contributed by atoms with Gasteiger partial charge < -0.3 is 9.47 Å². The molecule has 0 amide bonds. The van der Waals surface area contributed by atoms with Crippen molar-refractivity contribution in [2.75, 3.05) is 14.2 Å². The molecule has 0 aliphatic heterocycles. The molecular weight excluding hydrogens is 286 g/mol. The molecule has 0 radical (unpaired) electrons. The molecule has 21 heavy (non-hydrogen) atoms. The van der Waals surface area contributed by atoms with E-state index < -0.39 is 5.97 Å². The minimum absolute atomic E-state index is 0.288. The van der Waals surface area contributed by atoms with Crippen LogP contribution in [-0.4, -0.2) is 25.2 Å². The Kier molecular flexibility index (Phi) is 5.22. The van der Waals surface area contributed by atoms with Crippen LogP contribution in [0.25, 0.3) is 0 Å². The number of aromatic nitrogens is 1. The maximum Gasteiger partial charge on any atom is 0.343 e. The first-order valence-electron chi connectivity index (χ1n) is 6.45. The van der Waals surface area contributed by atoms with Crippen LogP contribution >= 0.6 is 11.8 Å². The average Bonchev–Trinajstić information content (AvgIpc) is 2.53. The molecule has 4 nitrogen and oxygen atoms in total. The van der Waals surface area contributed by atoms with Crippen LogP contribution in [0.4, 0.5) is 0 Å². The monoisotopic (exact) mass is 303 g/mol. The van der Waals surface area contributed by atoms with E-state index in [-0.39, 0.29) is 5.88 Å². The summed E-state index contributed by atoms with van der Waals surface area (Å²) in [6, 6.07) is 11.8. The van der Waals surface area contributed by atoms with Gasteiger partial charge in [0.15, 0.2) is 0 Å². The van der Waals surface area contributed by atoms with E-state index in [1.54, 1.807) is 23.9 Å². The standard InChI is InChI=1S/C16H17NO3S/c1-11-4-6-12(7-5-11)10-21-14-9-8-13(16(18)20-3)15(17-14)19-2/h4-9H,10H2,1-3H3. The van der Waals surface area contributed by atoms with Gasteiger partial charge in [-0.3, -0.25) is 0 Å². The summed E-state index contributed by atoms with van der Waals surface area (Å²) in [5.74, 6) is 0.652. The number of ether oxygens (including phenoxy) is 2. The number of thioether (sulfide) groups is 1. The second-order valence-corrected chi connectivity index (χ2v) is 5.47. The summed E-state index contributed by atoms with van der Waals surface area (Å²) in [6.07, 6.45) is 0. The van der Waals surface area contributed by atoms with Gasteiger partial charge in [0.2, 0.25) is 5.88 Å². The van der Waals surface area contributed by atoms with Gasteiger partial charge in [-0.25, -0.2) is 9.78 Å². The molecule has 2 aromatic rings. The van der Waals surface area contributed by atoms with Gasteiger partial charge in [-0.2, -0.15) is 0 Å². The van der Waals surface area contributed by atoms with Crippen molar-refractivity contribution in [1.29, 1.82) is 0 Å². The molecule has 2 rings (SSSR count). The highest BCUT2D eigenvalue weighted by Crippen LogP contribution is 2.25. The Morgan fingerprint density at radius 1 is 1.14 bits per heavy atom. The number of rotatable bonds is 5. The summed E-state index contributed by atoms with van der Waals surface area (Å²) in [5.41, 5.74) is 2.80. The number of hydrogen-bond donors (Lipinski definition) is 0. The summed E-state index contributed by atoms with van der Waals surface area (Å²) in [4.78, 5) is 15.9. The molecule has 1 heterocycles. The summed E-state index contributed by atoms with van der Waals surface area (Å²) in [5, 5.41) is 0.806. The van der Waals surface area contributed by atoms with Crippen molar-refractivity contribution in [2.24, 2.45) is 0 Å². The first-order valence-corrected chi connectivity index (χ1v) is 7.44. The summed E-state index contributed by atoms with van der Waals surface area (Å²) < 4.78 is 9.84. The quantitative estimate of drug-likeness (QED) is 0.625. The number of aryl methyl sites for hydroxylation is 1. The van der Waals surface area contributed by atoms with E-state index in [4.69, 9.17) is 9.47 Å². The molecule has 0 unspecified atom stereocenters. The maximum absolute atomic E-state index is 11.6. The van der Waals surface area contributed by atoms with Crippen molar-refractivity contribution in [3.8, 4) is 5.88 Å². The van der Waals surface area contributed by atoms with Gasteiger partial charge in [0.25, 0.3) is 0 Å². The van der Waals surface area contributed by atoms with E-state index in [1.807, 2.05) is 0 Å². The van der Waals surface area contributed by atoms with Crippen molar-refractivity contribution < 1.29 is 14.3 Å². The highest BCUT2D eigenvalue weighted by molar-refractivity contribution is 7.98. The Bertz CT molecular complexity index is 626. The van der Waals surface area contributed by atoms with E-state index in [2.05, 4.69) is 36.2 Å². The van der Waals surface area contributed by atoms with E-state index >= 15 is 0 Å². The summed E-state index contributed by atoms with van der Waals surface area (Å²) in [7, 11) is 2.82. The Hall–Kier alpha value is -2.01. The van der Waals surface area contributed by atoms with Crippen LogP contribution in [-0.2, 0) is 10.5 Å². The number of pyridine rings is 1. The van der Waals surface area contributed by atoms with Crippen molar-refractivity contribution >= 4 is 17.7 Å². The predicted molar refractivity (Wildman–Crippen MR) is 82.9 cm³/mol. The fourth-order valence-electron chi connectivity index (χ4n) is 1.77. The highest BCUT2D eigenvalue weighted by Gasteiger charge is 2.14. The Morgan fingerprint density at radius 2 is 1.86 bits per heavy atom. The van der Waals surface area contributed by atoms with Gasteiger partial charge in [0.1, 0.15) is 10.6 Å². The zero-order valence-corrected chi connectivity index (χ0v) is 13.1. The number of hydrogen-bond acceptors (Lipinski definition) is 5. The molecule has 0 bridgehead atoms.